The molecule has 0 spiro atoms. The van der Waals surface area contributed by atoms with Crippen LogP contribution in [0.5, 0.6) is 5.88 Å². The lowest BCUT2D eigenvalue weighted by molar-refractivity contribution is -0.117. The average molecular weight is 436 g/mol. The van der Waals surface area contributed by atoms with Crippen molar-refractivity contribution in [2.24, 2.45) is 0 Å². The second-order valence-electron chi connectivity index (χ2n) is 6.30. The van der Waals surface area contributed by atoms with Crippen molar-refractivity contribution in [1.82, 2.24) is 15.6 Å². The first-order chi connectivity index (χ1) is 13.5. The van der Waals surface area contributed by atoms with Gasteiger partial charge in [0.05, 0.1) is 27.3 Å². The van der Waals surface area contributed by atoms with Crippen molar-refractivity contribution in [3.63, 3.8) is 0 Å². The normalized spacial score (nSPS) is 17.9. The van der Waals surface area contributed by atoms with Gasteiger partial charge in [0.15, 0.2) is 0 Å². The van der Waals surface area contributed by atoms with Crippen LogP contribution < -0.4 is 15.4 Å². The molecule has 2 atom stereocenters. The summed E-state index contributed by atoms with van der Waals surface area (Å²) < 4.78 is 6.63. The molecular formula is C19H15Cl2N3O3S. The van der Waals surface area contributed by atoms with Crippen molar-refractivity contribution < 1.29 is 14.3 Å². The number of thiophene rings is 1. The molecule has 6 nitrogen and oxygen atoms in total. The van der Waals surface area contributed by atoms with Crippen LogP contribution >= 0.6 is 34.5 Å². The Hall–Kier alpha value is -2.48. The van der Waals surface area contributed by atoms with Crippen LogP contribution in [0.4, 0.5) is 4.79 Å². The molecule has 1 aliphatic rings. The maximum atomic E-state index is 12.4. The van der Waals surface area contributed by atoms with E-state index in [1.54, 1.807) is 6.07 Å². The first-order valence-corrected chi connectivity index (χ1v) is 9.99. The molecule has 28 heavy (non-hydrogen) atoms. The molecule has 1 aliphatic carbocycles. The van der Waals surface area contributed by atoms with Gasteiger partial charge in [0.25, 0.3) is 0 Å². The zero-order valence-electron chi connectivity index (χ0n) is 14.4. The largest absolute Gasteiger partial charge is 0.414 e. The van der Waals surface area contributed by atoms with Crippen LogP contribution in [-0.2, 0) is 11.2 Å². The lowest BCUT2D eigenvalue weighted by Gasteiger charge is -2.22. The van der Waals surface area contributed by atoms with E-state index in [-0.39, 0.29) is 23.9 Å². The second-order valence-corrected chi connectivity index (χ2v) is 8.33. The van der Waals surface area contributed by atoms with Gasteiger partial charge in [0, 0.05) is 6.07 Å². The number of carbonyl (C=O) groups excluding carboxylic acids is 2. The van der Waals surface area contributed by atoms with Crippen molar-refractivity contribution in [3.8, 4) is 5.88 Å². The molecule has 4 rings (SSSR count). The maximum Gasteiger partial charge on any atom is 0.414 e. The quantitative estimate of drug-likeness (QED) is 0.523. The minimum absolute atomic E-state index is 0.263. The smallest absolute Gasteiger partial charge is 0.393 e. The Balaban J connectivity index is 1.49. The van der Waals surface area contributed by atoms with E-state index < -0.39 is 6.09 Å². The fourth-order valence-corrected chi connectivity index (χ4v) is 4.82. The number of benzene rings is 1. The van der Waals surface area contributed by atoms with Gasteiger partial charge >= 0.3 is 6.09 Å². The number of hydrogen-bond acceptors (Lipinski definition) is 4. The molecule has 2 aromatic heterocycles. The molecular weight excluding hydrogens is 421 g/mol. The highest BCUT2D eigenvalue weighted by Crippen LogP contribution is 2.40. The van der Waals surface area contributed by atoms with E-state index in [1.807, 2.05) is 24.3 Å². The summed E-state index contributed by atoms with van der Waals surface area (Å²) in [5.41, 5.74) is 2.65. The summed E-state index contributed by atoms with van der Waals surface area (Å²) in [5, 5.41) is 6.10. The molecule has 0 saturated heterocycles. The van der Waals surface area contributed by atoms with Gasteiger partial charge in [0.1, 0.15) is 4.34 Å². The van der Waals surface area contributed by atoms with Crippen LogP contribution in [-0.4, -0.2) is 23.0 Å². The summed E-state index contributed by atoms with van der Waals surface area (Å²) >= 11 is 13.4. The second kappa shape index (κ2) is 7.50. The van der Waals surface area contributed by atoms with Gasteiger partial charge < -0.3 is 20.4 Å². The van der Waals surface area contributed by atoms with Crippen LogP contribution in [0.25, 0.3) is 10.2 Å². The molecule has 0 saturated carbocycles. The number of rotatable bonds is 4. The van der Waals surface area contributed by atoms with Crippen LogP contribution in [0.2, 0.25) is 9.36 Å². The summed E-state index contributed by atoms with van der Waals surface area (Å²) in [5.74, 6) is -0.0440. The van der Waals surface area contributed by atoms with E-state index in [4.69, 9.17) is 27.9 Å². The minimum atomic E-state index is -0.633. The van der Waals surface area contributed by atoms with Gasteiger partial charge in [-0.3, -0.25) is 4.79 Å². The third-order valence-electron chi connectivity index (χ3n) is 4.57. The number of H-pyrrole nitrogens is 1. The number of aromatic nitrogens is 1. The molecule has 0 unspecified atom stereocenters. The molecule has 2 amide bonds. The fraction of sp³-hybridized carbons (Fsp3) is 0.158. The summed E-state index contributed by atoms with van der Waals surface area (Å²) in [7, 11) is 0. The molecule has 9 heteroatoms. The zero-order valence-corrected chi connectivity index (χ0v) is 16.8. The van der Waals surface area contributed by atoms with E-state index >= 15 is 0 Å². The lowest BCUT2D eigenvalue weighted by Crippen LogP contribution is -2.45. The molecule has 2 heterocycles. The Morgan fingerprint density at radius 3 is 2.82 bits per heavy atom. The maximum absolute atomic E-state index is 12.4. The number of amides is 2. The molecule has 0 bridgehead atoms. The first-order valence-electron chi connectivity index (χ1n) is 8.42. The number of ether oxygens (including phenoxy) is 1. The van der Waals surface area contributed by atoms with Gasteiger partial charge in [0.2, 0.25) is 11.8 Å². The first kappa shape index (κ1) is 18.9. The highest BCUT2D eigenvalue weighted by Gasteiger charge is 2.34. The van der Waals surface area contributed by atoms with Crippen molar-refractivity contribution in [2.75, 3.05) is 0 Å². The number of fused-ring (bicyclic) bond motifs is 2. The molecule has 144 valence electrons. The Labute approximate surface area is 174 Å². The number of nitrogens with one attached hydrogen (secondary N) is 3. The third kappa shape index (κ3) is 3.48. The predicted octanol–water partition coefficient (Wildman–Crippen LogP) is 4.59. The molecule has 0 aliphatic heterocycles. The number of carbonyl (C=O) groups is 2. The number of aromatic amines is 1. The van der Waals surface area contributed by atoms with Crippen LogP contribution in [0.15, 0.2) is 43.0 Å². The average Bonchev–Trinajstić information content (AvgIpc) is 3.29. The van der Waals surface area contributed by atoms with Gasteiger partial charge in [-0.25, -0.2) is 4.79 Å². The summed E-state index contributed by atoms with van der Waals surface area (Å²) in [6.07, 6.45) is 1.15. The summed E-state index contributed by atoms with van der Waals surface area (Å²) in [4.78, 5) is 27.2. The Bertz CT molecular complexity index is 1090. The summed E-state index contributed by atoms with van der Waals surface area (Å²) in [6.45, 7) is 3.48. The Morgan fingerprint density at radius 1 is 1.29 bits per heavy atom. The van der Waals surface area contributed by atoms with E-state index in [1.165, 1.54) is 17.4 Å². The zero-order chi connectivity index (χ0) is 19.8. The Morgan fingerprint density at radius 2 is 2.07 bits per heavy atom. The van der Waals surface area contributed by atoms with E-state index in [0.717, 1.165) is 15.8 Å². The third-order valence-corrected chi connectivity index (χ3v) is 6.50. The van der Waals surface area contributed by atoms with Gasteiger partial charge in [-0.15, -0.1) is 11.3 Å². The van der Waals surface area contributed by atoms with Gasteiger partial charge in [-0.05, 0) is 23.6 Å². The lowest BCUT2D eigenvalue weighted by atomic mass is 10.1. The minimum Gasteiger partial charge on any atom is -0.393 e. The van der Waals surface area contributed by atoms with Crippen LogP contribution in [0.1, 0.15) is 17.2 Å². The Kier molecular flexibility index (Phi) is 5.05. The standard InChI is InChI=1S/C19H15Cl2N3O3S/c1-2-13(25)23-16-10-6-4-3-5-9(10)7-11(16)22-19(26)27-14-8-12-17(24-14)15(20)18(21)28-12/h2-6,8,11,16,24H,1,7H2,(H,22,26)(H,23,25)/t11-,16-/m0/s1. The SMILES string of the molecule is C=CC(=O)N[C@H]1c2ccccc2C[C@@H]1NC(=O)Oc1cc2sc(Cl)c(Cl)c2[nH]1. The van der Waals surface area contributed by atoms with Crippen LogP contribution in [0, 0.1) is 0 Å². The highest BCUT2D eigenvalue weighted by atomic mass is 35.5. The van der Waals surface area contributed by atoms with Crippen LogP contribution in [0.3, 0.4) is 0 Å². The van der Waals surface area contributed by atoms with Crippen molar-refractivity contribution >= 4 is 56.8 Å². The number of hydrogen-bond donors (Lipinski definition) is 3. The monoisotopic (exact) mass is 435 g/mol. The number of halogens is 2. The van der Waals surface area contributed by atoms with Gasteiger partial charge in [-0.2, -0.15) is 0 Å². The topological polar surface area (TPSA) is 83.2 Å². The predicted molar refractivity (Wildman–Crippen MR) is 110 cm³/mol. The van der Waals surface area contributed by atoms with E-state index in [2.05, 4.69) is 22.2 Å². The van der Waals surface area contributed by atoms with E-state index in [0.29, 0.717) is 21.3 Å². The highest BCUT2D eigenvalue weighted by molar-refractivity contribution is 7.23. The molecule has 3 N–H and O–H groups in total. The van der Waals surface area contributed by atoms with Crippen molar-refractivity contribution in [1.29, 1.82) is 0 Å². The molecule has 1 aromatic carbocycles. The molecule has 3 aromatic rings. The van der Waals surface area contributed by atoms with Gasteiger partial charge in [-0.1, -0.05) is 54.0 Å². The summed E-state index contributed by atoms with van der Waals surface area (Å²) in [6, 6.07) is 8.68. The molecule has 0 radical (unpaired) electrons. The fourth-order valence-electron chi connectivity index (χ4n) is 3.35. The van der Waals surface area contributed by atoms with E-state index in [9.17, 15) is 9.59 Å². The molecule has 0 fully saturated rings. The van der Waals surface area contributed by atoms with Crippen molar-refractivity contribution in [2.45, 2.75) is 18.5 Å². The van der Waals surface area contributed by atoms with Crippen molar-refractivity contribution in [3.05, 3.63) is 63.5 Å².